The number of likely N-dealkylation sites (N-methyl/N-ethyl adjacent to an activating group) is 2. The number of amides is 1. The molecule has 0 atom stereocenters. The molecule has 0 radical (unpaired) electrons. The van der Waals surface area contributed by atoms with Gasteiger partial charge in [0.05, 0.1) is 6.54 Å². The van der Waals surface area contributed by atoms with Crippen LogP contribution in [0.1, 0.15) is 19.3 Å². The van der Waals surface area contributed by atoms with Gasteiger partial charge in [-0.1, -0.05) is 6.42 Å². The first kappa shape index (κ1) is 8.53. The van der Waals surface area contributed by atoms with Crippen molar-refractivity contribution in [3.63, 3.8) is 0 Å². The number of carbonyl (C=O) groups excluding carboxylic acids is 1. The van der Waals surface area contributed by atoms with Crippen LogP contribution < -0.4 is 5.32 Å². The number of carbonyl (C=O) groups is 1. The molecule has 1 amide bonds. The molecule has 0 spiro atoms. The molecule has 0 aromatic heterocycles. The third kappa shape index (κ3) is 2.19. The fourth-order valence-electron chi connectivity index (χ4n) is 1.26. The second kappa shape index (κ2) is 3.72. The Kier molecular flexibility index (Phi) is 2.88. The average molecular weight is 156 g/mol. The van der Waals surface area contributed by atoms with Crippen LogP contribution in [0.5, 0.6) is 0 Å². The van der Waals surface area contributed by atoms with Gasteiger partial charge in [-0.2, -0.15) is 0 Å². The van der Waals surface area contributed by atoms with Crippen molar-refractivity contribution in [3.05, 3.63) is 0 Å². The standard InChI is InChI=1S/C8H16N2O/c1-9-8(11)6-10(2)7-4-3-5-7/h7H,3-6H2,1-2H3,(H,9,11). The number of nitrogens with zero attached hydrogens (tertiary/aromatic N) is 1. The monoisotopic (exact) mass is 156 g/mol. The minimum Gasteiger partial charge on any atom is -0.358 e. The molecule has 64 valence electrons. The summed E-state index contributed by atoms with van der Waals surface area (Å²) < 4.78 is 0. The maximum Gasteiger partial charge on any atom is 0.233 e. The molecule has 11 heavy (non-hydrogen) atoms. The zero-order chi connectivity index (χ0) is 8.27. The Bertz CT molecular complexity index is 143. The van der Waals surface area contributed by atoms with E-state index in [-0.39, 0.29) is 5.91 Å². The Morgan fingerprint density at radius 3 is 2.64 bits per heavy atom. The van der Waals surface area contributed by atoms with E-state index in [0.717, 1.165) is 0 Å². The Hall–Kier alpha value is -0.570. The van der Waals surface area contributed by atoms with Gasteiger partial charge >= 0.3 is 0 Å². The van der Waals surface area contributed by atoms with E-state index in [1.807, 2.05) is 7.05 Å². The summed E-state index contributed by atoms with van der Waals surface area (Å²) in [5, 5.41) is 2.62. The third-order valence-corrected chi connectivity index (χ3v) is 2.37. The van der Waals surface area contributed by atoms with E-state index in [4.69, 9.17) is 0 Å². The molecule has 1 N–H and O–H groups in total. The van der Waals surface area contributed by atoms with Crippen LogP contribution in [0.4, 0.5) is 0 Å². The molecule has 0 heterocycles. The van der Waals surface area contributed by atoms with Crippen molar-refractivity contribution in [1.82, 2.24) is 10.2 Å². The number of nitrogens with one attached hydrogen (secondary N) is 1. The summed E-state index contributed by atoms with van der Waals surface area (Å²) in [6.07, 6.45) is 3.84. The molecule has 0 bridgehead atoms. The first-order valence-corrected chi connectivity index (χ1v) is 4.15. The van der Waals surface area contributed by atoms with Crippen LogP contribution in [-0.2, 0) is 4.79 Å². The van der Waals surface area contributed by atoms with Crippen LogP contribution in [0.3, 0.4) is 0 Å². The van der Waals surface area contributed by atoms with E-state index in [2.05, 4.69) is 10.2 Å². The van der Waals surface area contributed by atoms with Gasteiger partial charge in [0.1, 0.15) is 0 Å². The molecule has 1 aliphatic carbocycles. The van der Waals surface area contributed by atoms with Gasteiger partial charge in [0, 0.05) is 13.1 Å². The highest BCUT2D eigenvalue weighted by Crippen LogP contribution is 2.22. The lowest BCUT2D eigenvalue weighted by molar-refractivity contribution is -0.122. The van der Waals surface area contributed by atoms with E-state index in [1.54, 1.807) is 7.05 Å². The summed E-state index contributed by atoms with van der Waals surface area (Å²) in [7, 11) is 3.69. The van der Waals surface area contributed by atoms with E-state index in [9.17, 15) is 4.79 Å². The Balaban J connectivity index is 2.19. The van der Waals surface area contributed by atoms with Gasteiger partial charge in [-0.05, 0) is 19.9 Å². The molecule has 1 aliphatic rings. The van der Waals surface area contributed by atoms with Gasteiger partial charge in [-0.15, -0.1) is 0 Å². The quantitative estimate of drug-likeness (QED) is 0.634. The average Bonchev–Trinajstić information content (AvgIpc) is 1.83. The maximum atomic E-state index is 10.9. The highest BCUT2D eigenvalue weighted by molar-refractivity contribution is 5.77. The van der Waals surface area contributed by atoms with Gasteiger partial charge in [0.25, 0.3) is 0 Å². The molecule has 0 aromatic carbocycles. The molecule has 1 fully saturated rings. The maximum absolute atomic E-state index is 10.9. The summed E-state index contributed by atoms with van der Waals surface area (Å²) >= 11 is 0. The minimum atomic E-state index is 0.111. The molecule has 1 saturated carbocycles. The van der Waals surface area contributed by atoms with Crippen LogP contribution in [0.2, 0.25) is 0 Å². The van der Waals surface area contributed by atoms with Crippen LogP contribution in [0.25, 0.3) is 0 Å². The molecule has 1 rings (SSSR count). The van der Waals surface area contributed by atoms with Crippen molar-refractivity contribution in [2.24, 2.45) is 0 Å². The van der Waals surface area contributed by atoms with Crippen LogP contribution in [0.15, 0.2) is 0 Å². The minimum absolute atomic E-state index is 0.111. The first-order valence-electron chi connectivity index (χ1n) is 4.15. The van der Waals surface area contributed by atoms with E-state index in [0.29, 0.717) is 12.6 Å². The molecular formula is C8H16N2O. The zero-order valence-electron chi connectivity index (χ0n) is 7.26. The third-order valence-electron chi connectivity index (χ3n) is 2.37. The normalized spacial score (nSPS) is 18.1. The SMILES string of the molecule is CNC(=O)CN(C)C1CCC1. The van der Waals surface area contributed by atoms with Gasteiger partial charge in [0.15, 0.2) is 0 Å². The second-order valence-electron chi connectivity index (χ2n) is 3.17. The van der Waals surface area contributed by atoms with E-state index >= 15 is 0 Å². The fourth-order valence-corrected chi connectivity index (χ4v) is 1.26. The Labute approximate surface area is 67.8 Å². The van der Waals surface area contributed by atoms with Gasteiger partial charge < -0.3 is 5.32 Å². The molecule has 0 saturated heterocycles. The molecule has 0 unspecified atom stereocenters. The summed E-state index contributed by atoms with van der Waals surface area (Å²) in [4.78, 5) is 13.0. The van der Waals surface area contributed by atoms with Crippen molar-refractivity contribution in [2.45, 2.75) is 25.3 Å². The summed E-state index contributed by atoms with van der Waals surface area (Å²) in [6, 6.07) is 0.660. The largest absolute Gasteiger partial charge is 0.358 e. The lowest BCUT2D eigenvalue weighted by Crippen LogP contribution is -2.42. The zero-order valence-corrected chi connectivity index (χ0v) is 7.26. The summed E-state index contributed by atoms with van der Waals surface area (Å²) in [5.74, 6) is 0.111. The van der Waals surface area contributed by atoms with Crippen molar-refractivity contribution in [1.29, 1.82) is 0 Å². The summed E-state index contributed by atoms with van der Waals surface area (Å²) in [5.41, 5.74) is 0. The molecular weight excluding hydrogens is 140 g/mol. The van der Waals surface area contributed by atoms with E-state index < -0.39 is 0 Å². The highest BCUT2D eigenvalue weighted by Gasteiger charge is 2.22. The van der Waals surface area contributed by atoms with Gasteiger partial charge in [-0.25, -0.2) is 0 Å². The molecule has 3 nitrogen and oxygen atoms in total. The van der Waals surface area contributed by atoms with Crippen LogP contribution in [0, 0.1) is 0 Å². The van der Waals surface area contributed by atoms with E-state index in [1.165, 1.54) is 19.3 Å². The van der Waals surface area contributed by atoms with Crippen molar-refractivity contribution in [2.75, 3.05) is 20.6 Å². The number of hydrogen-bond donors (Lipinski definition) is 1. The molecule has 0 aromatic rings. The number of hydrogen-bond acceptors (Lipinski definition) is 2. The van der Waals surface area contributed by atoms with Crippen LogP contribution in [-0.4, -0.2) is 37.5 Å². The number of rotatable bonds is 3. The van der Waals surface area contributed by atoms with Crippen molar-refractivity contribution in [3.8, 4) is 0 Å². The lowest BCUT2D eigenvalue weighted by Gasteiger charge is -2.34. The summed E-state index contributed by atoms with van der Waals surface area (Å²) in [6.45, 7) is 0.543. The second-order valence-corrected chi connectivity index (χ2v) is 3.17. The smallest absolute Gasteiger partial charge is 0.233 e. The van der Waals surface area contributed by atoms with Crippen molar-refractivity contribution < 1.29 is 4.79 Å². The predicted octanol–water partition coefficient (Wildman–Crippen LogP) is 0.217. The van der Waals surface area contributed by atoms with Crippen molar-refractivity contribution >= 4 is 5.91 Å². The molecule has 0 aliphatic heterocycles. The predicted molar refractivity (Wildman–Crippen MR) is 44.3 cm³/mol. The Morgan fingerprint density at radius 1 is 1.64 bits per heavy atom. The fraction of sp³-hybridized carbons (Fsp3) is 0.875. The highest BCUT2D eigenvalue weighted by atomic mass is 16.1. The van der Waals surface area contributed by atoms with Gasteiger partial charge in [-0.3, -0.25) is 9.69 Å². The topological polar surface area (TPSA) is 32.3 Å². The first-order chi connectivity index (χ1) is 5.24. The molecule has 3 heteroatoms. The van der Waals surface area contributed by atoms with Crippen LogP contribution >= 0.6 is 0 Å². The van der Waals surface area contributed by atoms with Gasteiger partial charge in [0.2, 0.25) is 5.91 Å². The lowest BCUT2D eigenvalue weighted by atomic mass is 9.92. The Morgan fingerprint density at radius 2 is 2.27 bits per heavy atom.